The highest BCUT2D eigenvalue weighted by molar-refractivity contribution is 6.47. The van der Waals surface area contributed by atoms with Gasteiger partial charge in [-0.3, -0.25) is 9.59 Å². The summed E-state index contributed by atoms with van der Waals surface area (Å²) in [5.41, 5.74) is 12.3. The average Bonchev–Trinajstić information content (AvgIpc) is 2.46. The number of nitrogens with two attached hydrogens (primary N) is 2. The van der Waals surface area contributed by atoms with Gasteiger partial charge in [0.05, 0.1) is 38.5 Å². The van der Waals surface area contributed by atoms with Gasteiger partial charge in [-0.05, 0) is 6.42 Å². The van der Waals surface area contributed by atoms with E-state index in [0.717, 1.165) is 0 Å². The first-order valence-corrected chi connectivity index (χ1v) is 6.72. The Morgan fingerprint density at radius 2 is 1.65 bits per heavy atom. The summed E-state index contributed by atoms with van der Waals surface area (Å²) in [6.07, 6.45) is 5.69. The summed E-state index contributed by atoms with van der Waals surface area (Å²) in [5.74, 6) is -1.06. The molecule has 6 heteroatoms. The number of ketones is 2. The zero-order valence-corrected chi connectivity index (χ0v) is 11.8. The van der Waals surface area contributed by atoms with Gasteiger partial charge in [0.25, 0.3) is 0 Å². The van der Waals surface area contributed by atoms with Gasteiger partial charge in [0, 0.05) is 5.57 Å². The van der Waals surface area contributed by atoms with Crippen LogP contribution >= 0.6 is 23.2 Å². The second-order valence-corrected chi connectivity index (χ2v) is 5.49. The van der Waals surface area contributed by atoms with Crippen LogP contribution < -0.4 is 11.5 Å². The number of hydrogen-bond donors (Lipinski definition) is 2. The molecular formula is C14H10Cl2N2O2. The first kappa shape index (κ1) is 13.2. The van der Waals surface area contributed by atoms with Crippen molar-refractivity contribution in [3.8, 4) is 0 Å². The number of nitrogen functional groups attached to an aromatic ring is 2. The molecule has 0 radical (unpaired) electrons. The van der Waals surface area contributed by atoms with E-state index < -0.39 is 5.92 Å². The fourth-order valence-electron chi connectivity index (χ4n) is 2.65. The Kier molecular flexibility index (Phi) is 2.88. The first-order valence-electron chi connectivity index (χ1n) is 5.96. The van der Waals surface area contributed by atoms with Gasteiger partial charge >= 0.3 is 0 Å². The van der Waals surface area contributed by atoms with Crippen molar-refractivity contribution in [2.45, 2.75) is 6.42 Å². The van der Waals surface area contributed by atoms with Gasteiger partial charge in [-0.1, -0.05) is 41.4 Å². The fourth-order valence-corrected chi connectivity index (χ4v) is 3.04. The number of fused-ring (bicyclic) bond motifs is 2. The van der Waals surface area contributed by atoms with Crippen LogP contribution in [0.5, 0.6) is 0 Å². The van der Waals surface area contributed by atoms with Gasteiger partial charge in [0.2, 0.25) is 0 Å². The summed E-state index contributed by atoms with van der Waals surface area (Å²) < 4.78 is 0. The number of rotatable bonds is 0. The molecule has 2 aliphatic rings. The van der Waals surface area contributed by atoms with Crippen molar-refractivity contribution in [3.63, 3.8) is 0 Å². The molecule has 0 aliphatic heterocycles. The Balaban J connectivity index is 2.39. The normalized spacial score (nSPS) is 20.5. The lowest BCUT2D eigenvalue weighted by atomic mass is 9.74. The molecule has 102 valence electrons. The lowest BCUT2D eigenvalue weighted by Crippen LogP contribution is -2.32. The third-order valence-corrected chi connectivity index (χ3v) is 4.55. The van der Waals surface area contributed by atoms with Crippen LogP contribution in [-0.2, 0) is 0 Å². The van der Waals surface area contributed by atoms with Gasteiger partial charge in [-0.15, -0.1) is 0 Å². The Bertz CT molecular complexity index is 735. The van der Waals surface area contributed by atoms with Crippen LogP contribution in [-0.4, -0.2) is 11.6 Å². The summed E-state index contributed by atoms with van der Waals surface area (Å²) in [6, 6.07) is 0. The predicted octanol–water partition coefficient (Wildman–Crippen LogP) is 3.04. The van der Waals surface area contributed by atoms with E-state index in [1.807, 2.05) is 6.08 Å². The highest BCUT2D eigenvalue weighted by Gasteiger charge is 2.41. The summed E-state index contributed by atoms with van der Waals surface area (Å²) >= 11 is 12.0. The number of carbonyl (C=O) groups is 2. The highest BCUT2D eigenvalue weighted by Crippen LogP contribution is 2.45. The topological polar surface area (TPSA) is 86.2 Å². The van der Waals surface area contributed by atoms with E-state index in [-0.39, 0.29) is 44.1 Å². The van der Waals surface area contributed by atoms with Gasteiger partial charge in [-0.25, -0.2) is 0 Å². The van der Waals surface area contributed by atoms with E-state index in [0.29, 0.717) is 12.0 Å². The molecule has 0 saturated carbocycles. The summed E-state index contributed by atoms with van der Waals surface area (Å²) in [4.78, 5) is 25.1. The maximum atomic E-state index is 12.6. The number of benzene rings is 1. The summed E-state index contributed by atoms with van der Waals surface area (Å²) in [7, 11) is 0. The molecule has 1 unspecified atom stereocenters. The molecule has 1 atom stereocenters. The third kappa shape index (κ3) is 1.55. The number of Topliss-reactive ketones (excluding diaryl/α,β-unsaturated/α-hetero) is 2. The molecule has 4 nitrogen and oxygen atoms in total. The maximum Gasteiger partial charge on any atom is 0.192 e. The SMILES string of the molecule is Nc1c(Cl)c(Cl)c(N)c2c1C(=O)C1=CC=CCC1C2=O. The Hall–Kier alpha value is -1.78. The van der Waals surface area contributed by atoms with Crippen molar-refractivity contribution in [2.75, 3.05) is 11.5 Å². The molecule has 4 N–H and O–H groups in total. The summed E-state index contributed by atoms with van der Waals surface area (Å²) in [5, 5.41) is 0.0253. The number of halogens is 2. The summed E-state index contributed by atoms with van der Waals surface area (Å²) in [6.45, 7) is 0. The van der Waals surface area contributed by atoms with Gasteiger partial charge < -0.3 is 11.5 Å². The lowest BCUT2D eigenvalue weighted by molar-refractivity contribution is 0.0884. The minimum absolute atomic E-state index is 0.00752. The molecule has 0 saturated heterocycles. The lowest BCUT2D eigenvalue weighted by Gasteiger charge is -2.28. The Morgan fingerprint density at radius 3 is 2.30 bits per heavy atom. The van der Waals surface area contributed by atoms with E-state index in [2.05, 4.69) is 0 Å². The van der Waals surface area contributed by atoms with Crippen molar-refractivity contribution in [1.29, 1.82) is 0 Å². The standard InChI is InChI=1S/C14H10Cl2N2O2/c15-9-10(16)12(18)8-7(11(9)17)13(19)5-3-1-2-4-6(5)14(8)20/h1-3,6H,4,17-18H2. The Morgan fingerprint density at radius 1 is 1.05 bits per heavy atom. The second-order valence-electron chi connectivity index (χ2n) is 4.74. The van der Waals surface area contributed by atoms with Crippen LogP contribution in [0.3, 0.4) is 0 Å². The number of allylic oxidation sites excluding steroid dienone is 4. The molecule has 1 aromatic carbocycles. The van der Waals surface area contributed by atoms with Crippen molar-refractivity contribution in [2.24, 2.45) is 5.92 Å². The number of carbonyl (C=O) groups excluding carboxylic acids is 2. The average molecular weight is 309 g/mol. The van der Waals surface area contributed by atoms with Crippen LogP contribution in [0.4, 0.5) is 11.4 Å². The van der Waals surface area contributed by atoms with Crippen molar-refractivity contribution < 1.29 is 9.59 Å². The van der Waals surface area contributed by atoms with Crippen molar-refractivity contribution >= 4 is 46.1 Å². The predicted molar refractivity (Wildman–Crippen MR) is 79.3 cm³/mol. The largest absolute Gasteiger partial charge is 0.397 e. The van der Waals surface area contributed by atoms with E-state index in [9.17, 15) is 9.59 Å². The van der Waals surface area contributed by atoms with Crippen LogP contribution in [0.15, 0.2) is 23.8 Å². The number of anilines is 2. The Labute approximate surface area is 125 Å². The van der Waals surface area contributed by atoms with Crippen LogP contribution in [0, 0.1) is 5.92 Å². The van der Waals surface area contributed by atoms with Crippen molar-refractivity contribution in [3.05, 3.63) is 45.0 Å². The fraction of sp³-hybridized carbons (Fsp3) is 0.143. The van der Waals surface area contributed by atoms with E-state index in [1.54, 1.807) is 12.2 Å². The molecule has 1 aromatic rings. The van der Waals surface area contributed by atoms with Crippen molar-refractivity contribution in [1.82, 2.24) is 0 Å². The van der Waals surface area contributed by atoms with Gasteiger partial charge in [0.15, 0.2) is 11.6 Å². The van der Waals surface area contributed by atoms with E-state index >= 15 is 0 Å². The zero-order chi connectivity index (χ0) is 14.6. The zero-order valence-electron chi connectivity index (χ0n) is 10.2. The smallest absolute Gasteiger partial charge is 0.192 e. The molecule has 0 bridgehead atoms. The molecule has 0 heterocycles. The van der Waals surface area contributed by atoms with Crippen LogP contribution in [0.2, 0.25) is 10.0 Å². The van der Waals surface area contributed by atoms with Crippen LogP contribution in [0.25, 0.3) is 0 Å². The minimum Gasteiger partial charge on any atom is -0.397 e. The minimum atomic E-state index is -0.515. The van der Waals surface area contributed by atoms with E-state index in [1.165, 1.54) is 0 Å². The maximum absolute atomic E-state index is 12.6. The first-order chi connectivity index (χ1) is 9.45. The number of hydrogen-bond acceptors (Lipinski definition) is 4. The van der Waals surface area contributed by atoms with Gasteiger partial charge in [0.1, 0.15) is 0 Å². The molecular weight excluding hydrogens is 299 g/mol. The molecule has 0 amide bonds. The van der Waals surface area contributed by atoms with E-state index in [4.69, 9.17) is 34.7 Å². The van der Waals surface area contributed by atoms with Crippen LogP contribution in [0.1, 0.15) is 27.1 Å². The molecule has 2 aliphatic carbocycles. The van der Waals surface area contributed by atoms with Gasteiger partial charge in [-0.2, -0.15) is 0 Å². The highest BCUT2D eigenvalue weighted by atomic mass is 35.5. The third-order valence-electron chi connectivity index (χ3n) is 3.67. The quantitative estimate of drug-likeness (QED) is 0.721. The molecule has 0 fully saturated rings. The molecule has 0 spiro atoms. The monoisotopic (exact) mass is 308 g/mol. The molecule has 0 aromatic heterocycles. The molecule has 20 heavy (non-hydrogen) atoms. The molecule has 3 rings (SSSR count). The second kappa shape index (κ2) is 4.36.